The molecule has 1 aromatic heterocycles. The van der Waals surface area contributed by atoms with Gasteiger partial charge in [0.15, 0.2) is 0 Å². The van der Waals surface area contributed by atoms with Crippen LogP contribution in [-0.2, 0) is 13.0 Å². The van der Waals surface area contributed by atoms with Crippen LogP contribution in [0.1, 0.15) is 34.8 Å². The smallest absolute Gasteiger partial charge is 0.251 e. The van der Waals surface area contributed by atoms with Crippen molar-refractivity contribution in [1.29, 1.82) is 0 Å². The Bertz CT molecular complexity index is 526. The minimum atomic E-state index is -0.0694. The number of nitrogens with one attached hydrogen (secondary N) is 1. The Morgan fingerprint density at radius 1 is 1.05 bits per heavy atom. The first-order chi connectivity index (χ1) is 9.29. The minimum Gasteiger partial charge on any atom is -0.348 e. The lowest BCUT2D eigenvalue weighted by Crippen LogP contribution is -2.22. The fraction of sp³-hybridized carbons (Fsp3) is 0.250. The van der Waals surface area contributed by atoms with E-state index in [2.05, 4.69) is 41.5 Å². The van der Waals surface area contributed by atoms with E-state index in [0.717, 1.165) is 18.4 Å². The molecule has 0 aliphatic carbocycles. The highest BCUT2D eigenvalue weighted by Gasteiger charge is 2.03. The summed E-state index contributed by atoms with van der Waals surface area (Å²) in [6.45, 7) is 2.72. The summed E-state index contributed by atoms with van der Waals surface area (Å²) >= 11 is 0. The van der Waals surface area contributed by atoms with Gasteiger partial charge in [-0.05, 0) is 29.7 Å². The maximum Gasteiger partial charge on any atom is 0.251 e. The van der Waals surface area contributed by atoms with Crippen molar-refractivity contribution in [2.24, 2.45) is 0 Å². The van der Waals surface area contributed by atoms with Crippen LogP contribution in [0.4, 0.5) is 0 Å². The van der Waals surface area contributed by atoms with Crippen molar-refractivity contribution in [2.45, 2.75) is 26.3 Å². The molecule has 3 nitrogen and oxygen atoms in total. The fourth-order valence-corrected chi connectivity index (χ4v) is 1.90. The van der Waals surface area contributed by atoms with E-state index in [4.69, 9.17) is 0 Å². The number of benzene rings is 1. The minimum absolute atomic E-state index is 0. The Labute approximate surface area is 125 Å². The van der Waals surface area contributed by atoms with Crippen molar-refractivity contribution in [1.82, 2.24) is 10.3 Å². The highest BCUT2D eigenvalue weighted by molar-refractivity contribution is 5.93. The van der Waals surface area contributed by atoms with Crippen LogP contribution in [0.2, 0.25) is 0 Å². The van der Waals surface area contributed by atoms with Crippen molar-refractivity contribution in [3.05, 3.63) is 65.5 Å². The van der Waals surface area contributed by atoms with Gasteiger partial charge in [-0.3, -0.25) is 9.78 Å². The van der Waals surface area contributed by atoms with Crippen LogP contribution in [0.25, 0.3) is 0 Å². The third kappa shape index (κ3) is 4.67. The van der Waals surface area contributed by atoms with Gasteiger partial charge in [0.1, 0.15) is 0 Å². The lowest BCUT2D eigenvalue weighted by molar-refractivity contribution is 0.0951. The number of aryl methyl sites for hydroxylation is 1. The van der Waals surface area contributed by atoms with E-state index >= 15 is 0 Å². The van der Waals surface area contributed by atoms with Gasteiger partial charge in [0.2, 0.25) is 0 Å². The molecule has 0 unspecified atom stereocenters. The maximum atomic E-state index is 11.8. The lowest BCUT2D eigenvalue weighted by atomic mass is 10.1. The predicted molar refractivity (Wildman–Crippen MR) is 83.1 cm³/mol. The van der Waals surface area contributed by atoms with Crippen molar-refractivity contribution in [3.63, 3.8) is 0 Å². The van der Waals surface area contributed by atoms with Crippen molar-refractivity contribution < 1.29 is 4.79 Å². The second kappa shape index (κ2) is 8.33. The lowest BCUT2D eigenvalue weighted by Gasteiger charge is -2.06. The molecule has 1 heterocycles. The third-order valence-corrected chi connectivity index (χ3v) is 2.96. The maximum absolute atomic E-state index is 11.8. The Kier molecular flexibility index (Phi) is 6.74. The fourth-order valence-electron chi connectivity index (χ4n) is 1.90. The average Bonchev–Trinajstić information content (AvgIpc) is 2.47. The summed E-state index contributed by atoms with van der Waals surface area (Å²) in [5.74, 6) is -0.0694. The Hall–Kier alpha value is -1.87. The number of nitrogens with zero attached hydrogens (tertiary/aromatic N) is 1. The molecule has 0 radical (unpaired) electrons. The first-order valence-electron chi connectivity index (χ1n) is 6.55. The zero-order valence-corrected chi connectivity index (χ0v) is 12.3. The van der Waals surface area contributed by atoms with E-state index < -0.39 is 0 Å². The molecular weight excluding hydrogens is 272 g/mol. The standard InChI is InChI=1S/C16H18N2O.ClH/c1-2-3-13-4-6-14(7-5-13)12-18-16(19)15-8-10-17-11-9-15;/h4-11H,2-3,12H2,1H3,(H,18,19);1H. The molecule has 4 heteroatoms. The normalized spacial score (nSPS) is 9.65. The van der Waals surface area contributed by atoms with Crippen LogP contribution in [0.15, 0.2) is 48.8 Å². The number of halogens is 1. The van der Waals surface area contributed by atoms with Gasteiger partial charge in [-0.15, -0.1) is 12.4 Å². The predicted octanol–water partition coefficient (Wildman–Crippen LogP) is 3.39. The molecule has 1 aromatic carbocycles. The first kappa shape index (κ1) is 16.2. The molecule has 2 rings (SSSR count). The van der Waals surface area contributed by atoms with Crippen LogP contribution in [0, 0.1) is 0 Å². The van der Waals surface area contributed by atoms with Gasteiger partial charge >= 0.3 is 0 Å². The summed E-state index contributed by atoms with van der Waals surface area (Å²) in [7, 11) is 0. The zero-order chi connectivity index (χ0) is 13.5. The highest BCUT2D eigenvalue weighted by Crippen LogP contribution is 2.07. The van der Waals surface area contributed by atoms with Gasteiger partial charge in [-0.2, -0.15) is 0 Å². The van der Waals surface area contributed by atoms with E-state index in [1.165, 1.54) is 5.56 Å². The quantitative estimate of drug-likeness (QED) is 0.917. The topological polar surface area (TPSA) is 42.0 Å². The summed E-state index contributed by atoms with van der Waals surface area (Å²) in [4.78, 5) is 15.7. The second-order valence-corrected chi connectivity index (χ2v) is 4.49. The van der Waals surface area contributed by atoms with Gasteiger partial charge < -0.3 is 5.32 Å². The Morgan fingerprint density at radius 3 is 2.25 bits per heavy atom. The molecule has 0 saturated carbocycles. The number of hydrogen-bond acceptors (Lipinski definition) is 2. The van der Waals surface area contributed by atoms with Crippen LogP contribution in [-0.4, -0.2) is 10.9 Å². The summed E-state index contributed by atoms with van der Waals surface area (Å²) in [5, 5.41) is 2.90. The highest BCUT2D eigenvalue weighted by atomic mass is 35.5. The van der Waals surface area contributed by atoms with Crippen molar-refractivity contribution in [2.75, 3.05) is 0 Å². The van der Waals surface area contributed by atoms with E-state index in [1.807, 2.05) is 0 Å². The van der Waals surface area contributed by atoms with Crippen LogP contribution in [0.5, 0.6) is 0 Å². The van der Waals surface area contributed by atoms with Gasteiger partial charge in [0.25, 0.3) is 5.91 Å². The molecule has 0 aliphatic heterocycles. The van der Waals surface area contributed by atoms with Crippen LogP contribution >= 0.6 is 12.4 Å². The molecule has 2 aromatic rings. The zero-order valence-electron chi connectivity index (χ0n) is 11.5. The van der Waals surface area contributed by atoms with E-state index in [9.17, 15) is 4.79 Å². The molecular formula is C16H19ClN2O. The van der Waals surface area contributed by atoms with Gasteiger partial charge in [0.05, 0.1) is 0 Å². The summed E-state index contributed by atoms with van der Waals surface area (Å²) < 4.78 is 0. The number of aromatic nitrogens is 1. The number of pyridine rings is 1. The van der Waals surface area contributed by atoms with E-state index in [-0.39, 0.29) is 18.3 Å². The average molecular weight is 291 g/mol. The molecule has 0 saturated heterocycles. The third-order valence-electron chi connectivity index (χ3n) is 2.96. The largest absolute Gasteiger partial charge is 0.348 e. The summed E-state index contributed by atoms with van der Waals surface area (Å²) in [6.07, 6.45) is 5.49. The van der Waals surface area contributed by atoms with Crippen molar-refractivity contribution in [3.8, 4) is 0 Å². The molecule has 0 bridgehead atoms. The number of amides is 1. The first-order valence-corrected chi connectivity index (χ1v) is 6.55. The molecule has 0 atom stereocenters. The van der Waals surface area contributed by atoms with Gasteiger partial charge in [-0.25, -0.2) is 0 Å². The number of rotatable bonds is 5. The Morgan fingerprint density at radius 2 is 1.65 bits per heavy atom. The summed E-state index contributed by atoms with van der Waals surface area (Å²) in [5.41, 5.74) is 3.09. The van der Waals surface area contributed by atoms with Gasteiger partial charge in [-0.1, -0.05) is 37.6 Å². The molecule has 20 heavy (non-hydrogen) atoms. The van der Waals surface area contributed by atoms with Crippen molar-refractivity contribution >= 4 is 18.3 Å². The van der Waals surface area contributed by atoms with Crippen LogP contribution < -0.4 is 5.32 Å². The SMILES string of the molecule is CCCc1ccc(CNC(=O)c2ccncc2)cc1.Cl. The van der Waals surface area contributed by atoms with E-state index in [0.29, 0.717) is 12.1 Å². The van der Waals surface area contributed by atoms with E-state index in [1.54, 1.807) is 24.5 Å². The molecule has 0 fully saturated rings. The second-order valence-electron chi connectivity index (χ2n) is 4.49. The molecule has 106 valence electrons. The number of hydrogen-bond donors (Lipinski definition) is 1. The summed E-state index contributed by atoms with van der Waals surface area (Å²) in [6, 6.07) is 11.8. The molecule has 1 N–H and O–H groups in total. The number of carbonyl (C=O) groups excluding carboxylic acids is 1. The van der Waals surface area contributed by atoms with Gasteiger partial charge in [0, 0.05) is 24.5 Å². The Balaban J connectivity index is 0.00000200. The van der Waals surface area contributed by atoms with Crippen LogP contribution in [0.3, 0.4) is 0 Å². The molecule has 0 aliphatic rings. The molecule has 0 spiro atoms. The monoisotopic (exact) mass is 290 g/mol. The number of carbonyl (C=O) groups is 1. The molecule has 1 amide bonds.